The zero-order valence-electron chi connectivity index (χ0n) is 14.4. The quantitative estimate of drug-likeness (QED) is 0.893. The molecule has 3 rings (SSSR count). The lowest BCUT2D eigenvalue weighted by Gasteiger charge is -2.11. The summed E-state index contributed by atoms with van der Waals surface area (Å²) in [7, 11) is -3.97. The maximum Gasteiger partial charge on any atom is 0.268 e. The smallest absolute Gasteiger partial charge is 0.268 e. The van der Waals surface area contributed by atoms with Crippen molar-refractivity contribution in [1.29, 1.82) is 5.26 Å². The van der Waals surface area contributed by atoms with Gasteiger partial charge in [0.1, 0.15) is 11.9 Å². The van der Waals surface area contributed by atoms with Crippen molar-refractivity contribution in [3.8, 4) is 11.8 Å². The first-order chi connectivity index (χ1) is 12.3. The van der Waals surface area contributed by atoms with Gasteiger partial charge in [-0.15, -0.1) is 0 Å². The lowest BCUT2D eigenvalue weighted by molar-refractivity contribution is 0.0976. The number of benzene rings is 2. The molecule has 7 heteroatoms. The molecule has 0 saturated carbocycles. The Balaban J connectivity index is 1.84. The third-order valence-electron chi connectivity index (χ3n) is 4.52. The predicted octanol–water partition coefficient (Wildman–Crippen LogP) is 2.70. The number of ether oxygens (including phenoxy) is 1. The van der Waals surface area contributed by atoms with Crippen molar-refractivity contribution >= 4 is 15.9 Å². The highest BCUT2D eigenvalue weighted by Crippen LogP contribution is 2.40. The molecule has 6 nitrogen and oxygen atoms in total. The van der Waals surface area contributed by atoms with Crippen LogP contribution in [-0.4, -0.2) is 20.4 Å². The van der Waals surface area contributed by atoms with Crippen LogP contribution in [0.25, 0.3) is 0 Å². The molecule has 2 aromatic carbocycles. The first-order valence-corrected chi connectivity index (χ1v) is 9.80. The van der Waals surface area contributed by atoms with Crippen LogP contribution in [0.5, 0.6) is 5.75 Å². The summed E-state index contributed by atoms with van der Waals surface area (Å²) >= 11 is 0. The summed E-state index contributed by atoms with van der Waals surface area (Å²) in [6, 6.07) is 13.5. The molecule has 1 heterocycles. The Kier molecular flexibility index (Phi) is 4.70. The minimum Gasteiger partial charge on any atom is -0.489 e. The summed E-state index contributed by atoms with van der Waals surface area (Å²) in [4.78, 5) is 12.5. The number of hydrogen-bond acceptors (Lipinski definition) is 5. The number of sulfonamides is 1. The summed E-state index contributed by atoms with van der Waals surface area (Å²) in [5.41, 5.74) is 1.68. The number of hydrogen-bond donors (Lipinski definition) is 1. The van der Waals surface area contributed by atoms with Crippen LogP contribution in [0.3, 0.4) is 0 Å². The van der Waals surface area contributed by atoms with E-state index in [1.54, 1.807) is 24.3 Å². The second-order valence-corrected chi connectivity index (χ2v) is 8.02. The second kappa shape index (κ2) is 6.81. The van der Waals surface area contributed by atoms with E-state index in [1.165, 1.54) is 12.1 Å². The lowest BCUT2D eigenvalue weighted by atomic mass is 9.97. The average molecular weight is 370 g/mol. The molecule has 0 unspecified atom stereocenters. The highest BCUT2D eigenvalue weighted by atomic mass is 32.2. The first kappa shape index (κ1) is 18.0. The molecular formula is C19H18N2O4S. The molecule has 0 aromatic heterocycles. The molecular weight excluding hydrogens is 352 g/mol. The molecule has 134 valence electrons. The standard InChI is InChI=1S/C19H18N2O4S/c1-12-13(2)25-18-16(12)8-5-9-17(18)19(22)21-26(23,24)11-15-7-4-3-6-14(15)10-20/h3-9,12-13H,11H2,1-2H3,(H,21,22)/t12-,13-/m0/s1. The Morgan fingerprint density at radius 3 is 2.65 bits per heavy atom. The summed E-state index contributed by atoms with van der Waals surface area (Å²) < 4.78 is 32.6. The van der Waals surface area contributed by atoms with Crippen LogP contribution in [0.4, 0.5) is 0 Å². The number of para-hydroxylation sites is 1. The number of carbonyl (C=O) groups is 1. The average Bonchev–Trinajstić information content (AvgIpc) is 2.89. The van der Waals surface area contributed by atoms with Gasteiger partial charge in [0.2, 0.25) is 10.0 Å². The monoisotopic (exact) mass is 370 g/mol. The summed E-state index contributed by atoms with van der Waals surface area (Å²) in [6.45, 7) is 3.90. The third-order valence-corrected chi connectivity index (χ3v) is 5.71. The van der Waals surface area contributed by atoms with Gasteiger partial charge in [-0.2, -0.15) is 5.26 Å². The van der Waals surface area contributed by atoms with E-state index in [0.717, 1.165) is 5.56 Å². The van der Waals surface area contributed by atoms with Crippen molar-refractivity contribution in [2.24, 2.45) is 0 Å². The maximum atomic E-state index is 12.5. The SMILES string of the molecule is C[C@@H]1Oc2c(C(=O)NS(=O)(=O)Cc3ccccc3C#N)cccc2[C@H]1C. The lowest BCUT2D eigenvalue weighted by Crippen LogP contribution is -2.32. The van der Waals surface area contributed by atoms with Crippen molar-refractivity contribution in [3.63, 3.8) is 0 Å². The number of nitrogens with one attached hydrogen (secondary N) is 1. The van der Waals surface area contributed by atoms with E-state index >= 15 is 0 Å². The third kappa shape index (κ3) is 3.41. The summed E-state index contributed by atoms with van der Waals surface area (Å²) in [5.74, 6) is -0.641. The van der Waals surface area contributed by atoms with Crippen molar-refractivity contribution in [2.75, 3.05) is 0 Å². The Morgan fingerprint density at radius 2 is 1.92 bits per heavy atom. The molecule has 2 aromatic rings. The zero-order valence-corrected chi connectivity index (χ0v) is 15.2. The fourth-order valence-electron chi connectivity index (χ4n) is 2.96. The van der Waals surface area contributed by atoms with Crippen molar-refractivity contribution < 1.29 is 17.9 Å². The van der Waals surface area contributed by atoms with E-state index in [0.29, 0.717) is 11.3 Å². The van der Waals surface area contributed by atoms with E-state index < -0.39 is 21.7 Å². The van der Waals surface area contributed by atoms with Crippen LogP contribution < -0.4 is 9.46 Å². The molecule has 0 bridgehead atoms. The van der Waals surface area contributed by atoms with Crippen LogP contribution in [0.1, 0.15) is 46.8 Å². The van der Waals surface area contributed by atoms with Gasteiger partial charge in [-0.3, -0.25) is 4.79 Å². The van der Waals surface area contributed by atoms with Crippen molar-refractivity contribution in [2.45, 2.75) is 31.6 Å². The predicted molar refractivity (Wildman–Crippen MR) is 96.2 cm³/mol. The van der Waals surface area contributed by atoms with E-state index in [4.69, 9.17) is 10.00 Å². The molecule has 0 fully saturated rings. The number of fused-ring (bicyclic) bond motifs is 1. The Bertz CT molecular complexity index is 1010. The number of carbonyl (C=O) groups excluding carboxylic acids is 1. The van der Waals surface area contributed by atoms with Gasteiger partial charge in [-0.1, -0.05) is 37.3 Å². The Labute approximate surface area is 152 Å². The molecule has 0 aliphatic carbocycles. The number of nitriles is 1. The van der Waals surface area contributed by atoms with Gasteiger partial charge in [-0.05, 0) is 24.6 Å². The topological polar surface area (TPSA) is 96.3 Å². The number of nitrogens with zero attached hydrogens (tertiary/aromatic N) is 1. The van der Waals surface area contributed by atoms with Gasteiger partial charge < -0.3 is 4.74 Å². The maximum absolute atomic E-state index is 12.5. The highest BCUT2D eigenvalue weighted by molar-refractivity contribution is 7.89. The van der Waals surface area contributed by atoms with Crippen LogP contribution in [0, 0.1) is 11.3 Å². The molecule has 2 atom stereocenters. The van der Waals surface area contributed by atoms with E-state index in [2.05, 4.69) is 4.72 Å². The van der Waals surface area contributed by atoms with Crippen molar-refractivity contribution in [1.82, 2.24) is 4.72 Å². The van der Waals surface area contributed by atoms with Gasteiger partial charge in [0.25, 0.3) is 5.91 Å². The van der Waals surface area contributed by atoms with Gasteiger partial charge in [-0.25, -0.2) is 13.1 Å². The van der Waals surface area contributed by atoms with E-state index in [-0.39, 0.29) is 23.1 Å². The van der Waals surface area contributed by atoms with Crippen LogP contribution in [-0.2, 0) is 15.8 Å². The molecule has 0 saturated heterocycles. The Hall–Kier alpha value is -2.85. The van der Waals surface area contributed by atoms with E-state index in [1.807, 2.05) is 26.0 Å². The normalized spacial score (nSPS) is 18.5. The molecule has 26 heavy (non-hydrogen) atoms. The van der Waals surface area contributed by atoms with Gasteiger partial charge >= 0.3 is 0 Å². The largest absolute Gasteiger partial charge is 0.489 e. The molecule has 1 aliphatic heterocycles. The summed E-state index contributed by atoms with van der Waals surface area (Å²) in [6.07, 6.45) is -0.0851. The molecule has 0 spiro atoms. The fourth-order valence-corrected chi connectivity index (χ4v) is 4.08. The summed E-state index contributed by atoms with van der Waals surface area (Å²) in [5, 5.41) is 9.08. The van der Waals surface area contributed by atoms with Gasteiger partial charge in [0.15, 0.2) is 0 Å². The Morgan fingerprint density at radius 1 is 1.19 bits per heavy atom. The highest BCUT2D eigenvalue weighted by Gasteiger charge is 2.32. The first-order valence-electron chi connectivity index (χ1n) is 8.15. The molecule has 1 aliphatic rings. The van der Waals surface area contributed by atoms with Crippen molar-refractivity contribution in [3.05, 3.63) is 64.7 Å². The van der Waals surface area contributed by atoms with Crippen LogP contribution >= 0.6 is 0 Å². The number of rotatable bonds is 4. The van der Waals surface area contributed by atoms with Gasteiger partial charge in [0, 0.05) is 11.5 Å². The molecule has 0 radical (unpaired) electrons. The second-order valence-electron chi connectivity index (χ2n) is 6.29. The minimum atomic E-state index is -3.97. The fraction of sp³-hybridized carbons (Fsp3) is 0.263. The zero-order chi connectivity index (χ0) is 18.9. The molecule has 1 amide bonds. The van der Waals surface area contributed by atoms with Crippen LogP contribution in [0.2, 0.25) is 0 Å². The number of amides is 1. The molecule has 1 N–H and O–H groups in total. The van der Waals surface area contributed by atoms with Gasteiger partial charge in [0.05, 0.1) is 22.9 Å². The minimum absolute atomic E-state index is 0.0851. The van der Waals surface area contributed by atoms with E-state index in [9.17, 15) is 13.2 Å². The van der Waals surface area contributed by atoms with Crippen LogP contribution in [0.15, 0.2) is 42.5 Å².